The van der Waals surface area contributed by atoms with Gasteiger partial charge in [-0.05, 0) is 25.0 Å². The highest BCUT2D eigenvalue weighted by molar-refractivity contribution is 5.95. The normalized spacial score (nSPS) is 16.8. The van der Waals surface area contributed by atoms with Crippen LogP contribution < -0.4 is 10.6 Å². The molecule has 1 aliphatic heterocycles. The molecule has 80 valence electrons. The van der Waals surface area contributed by atoms with Gasteiger partial charge in [-0.25, -0.2) is 0 Å². The Labute approximate surface area is 88.3 Å². The monoisotopic (exact) mass is 206 g/mol. The number of carbonyl (C=O) groups excluding carboxylic acids is 1. The molecule has 0 saturated carbocycles. The Balaban J connectivity index is 2.31. The summed E-state index contributed by atoms with van der Waals surface area (Å²) < 4.78 is 0. The molecule has 1 aromatic rings. The number of nitrogens with zero attached hydrogens (tertiary/aromatic N) is 1. The molecule has 3 N–H and O–H groups in total. The molecule has 2 rings (SSSR count). The van der Waals surface area contributed by atoms with E-state index in [-0.39, 0.29) is 11.7 Å². The van der Waals surface area contributed by atoms with Crippen molar-refractivity contribution >= 4 is 17.3 Å². The first-order valence-electron chi connectivity index (χ1n) is 5.07. The number of phenols is 1. The summed E-state index contributed by atoms with van der Waals surface area (Å²) in [6.07, 6.45) is 2.48. The third-order valence-electron chi connectivity index (χ3n) is 2.61. The Hall–Kier alpha value is -1.71. The lowest BCUT2D eigenvalue weighted by molar-refractivity contribution is -0.119. The zero-order chi connectivity index (χ0) is 10.8. The SMILES string of the molecule is Nc1ccc(N2CCCCC2=O)c(O)c1. The highest BCUT2D eigenvalue weighted by Crippen LogP contribution is 2.31. The van der Waals surface area contributed by atoms with Crippen LogP contribution in [-0.4, -0.2) is 17.6 Å². The molecular weight excluding hydrogens is 192 g/mol. The fourth-order valence-electron chi connectivity index (χ4n) is 1.83. The van der Waals surface area contributed by atoms with Gasteiger partial charge in [0.15, 0.2) is 0 Å². The van der Waals surface area contributed by atoms with E-state index in [1.807, 2.05) is 0 Å². The molecule has 1 aliphatic rings. The number of piperidine rings is 1. The largest absolute Gasteiger partial charge is 0.506 e. The van der Waals surface area contributed by atoms with Crippen molar-refractivity contribution in [1.29, 1.82) is 0 Å². The Morgan fingerprint density at radius 1 is 1.33 bits per heavy atom. The Morgan fingerprint density at radius 3 is 2.80 bits per heavy atom. The molecule has 1 amide bonds. The zero-order valence-electron chi connectivity index (χ0n) is 8.44. The lowest BCUT2D eigenvalue weighted by Gasteiger charge is -2.27. The van der Waals surface area contributed by atoms with E-state index < -0.39 is 0 Å². The van der Waals surface area contributed by atoms with Crippen LogP contribution in [-0.2, 0) is 4.79 Å². The van der Waals surface area contributed by atoms with Gasteiger partial charge in [-0.2, -0.15) is 0 Å². The molecule has 0 atom stereocenters. The molecule has 4 heteroatoms. The highest BCUT2D eigenvalue weighted by atomic mass is 16.3. The number of benzene rings is 1. The number of rotatable bonds is 1. The van der Waals surface area contributed by atoms with Crippen molar-refractivity contribution in [2.75, 3.05) is 17.2 Å². The fourth-order valence-corrected chi connectivity index (χ4v) is 1.83. The van der Waals surface area contributed by atoms with Crippen LogP contribution in [0.3, 0.4) is 0 Å². The van der Waals surface area contributed by atoms with Crippen molar-refractivity contribution in [2.45, 2.75) is 19.3 Å². The van der Waals surface area contributed by atoms with Crippen molar-refractivity contribution in [3.8, 4) is 5.75 Å². The second kappa shape index (κ2) is 3.81. The molecule has 1 heterocycles. The topological polar surface area (TPSA) is 66.6 Å². The van der Waals surface area contributed by atoms with E-state index in [1.165, 1.54) is 6.07 Å². The molecule has 4 nitrogen and oxygen atoms in total. The van der Waals surface area contributed by atoms with Crippen LogP contribution in [0.5, 0.6) is 5.75 Å². The van der Waals surface area contributed by atoms with Gasteiger partial charge in [0.25, 0.3) is 0 Å². The molecule has 0 aromatic heterocycles. The smallest absolute Gasteiger partial charge is 0.227 e. The number of nitrogen functional groups attached to an aromatic ring is 1. The van der Waals surface area contributed by atoms with Gasteiger partial charge in [-0.15, -0.1) is 0 Å². The lowest BCUT2D eigenvalue weighted by Crippen LogP contribution is -2.35. The molecule has 15 heavy (non-hydrogen) atoms. The summed E-state index contributed by atoms with van der Waals surface area (Å²) in [4.78, 5) is 13.2. The first kappa shape index (κ1) is 9.83. The van der Waals surface area contributed by atoms with Gasteiger partial charge in [0.1, 0.15) is 5.75 Å². The van der Waals surface area contributed by atoms with Crippen LogP contribution in [0.25, 0.3) is 0 Å². The van der Waals surface area contributed by atoms with Gasteiger partial charge in [0.05, 0.1) is 5.69 Å². The second-order valence-electron chi connectivity index (χ2n) is 3.75. The van der Waals surface area contributed by atoms with E-state index in [4.69, 9.17) is 5.73 Å². The van der Waals surface area contributed by atoms with Crippen LogP contribution >= 0.6 is 0 Å². The van der Waals surface area contributed by atoms with Gasteiger partial charge in [0.2, 0.25) is 5.91 Å². The number of carbonyl (C=O) groups is 1. The minimum Gasteiger partial charge on any atom is -0.506 e. The third kappa shape index (κ3) is 1.88. The molecule has 1 saturated heterocycles. The molecule has 1 fully saturated rings. The van der Waals surface area contributed by atoms with Crippen LogP contribution in [0.4, 0.5) is 11.4 Å². The quantitative estimate of drug-likeness (QED) is 0.684. The van der Waals surface area contributed by atoms with Crippen molar-refractivity contribution < 1.29 is 9.90 Å². The van der Waals surface area contributed by atoms with Crippen molar-refractivity contribution in [3.63, 3.8) is 0 Å². The molecule has 0 bridgehead atoms. The Bertz CT molecular complexity index is 390. The second-order valence-corrected chi connectivity index (χ2v) is 3.75. The number of phenolic OH excluding ortho intramolecular Hbond substituents is 1. The van der Waals surface area contributed by atoms with E-state index in [0.29, 0.717) is 24.3 Å². The lowest BCUT2D eigenvalue weighted by atomic mass is 10.1. The van der Waals surface area contributed by atoms with Crippen LogP contribution in [0.15, 0.2) is 18.2 Å². The fraction of sp³-hybridized carbons (Fsp3) is 0.364. The zero-order valence-corrected chi connectivity index (χ0v) is 8.44. The summed E-state index contributed by atoms with van der Waals surface area (Å²) in [6, 6.07) is 4.85. The minimum absolute atomic E-state index is 0.0707. The molecule has 1 aromatic carbocycles. The van der Waals surface area contributed by atoms with E-state index in [1.54, 1.807) is 17.0 Å². The van der Waals surface area contributed by atoms with Crippen LogP contribution in [0, 0.1) is 0 Å². The number of anilines is 2. The molecular formula is C11H14N2O2. The number of aromatic hydroxyl groups is 1. The summed E-state index contributed by atoms with van der Waals surface area (Å²) in [5.74, 6) is 0.145. The summed E-state index contributed by atoms with van der Waals surface area (Å²) in [5, 5.41) is 9.69. The maximum atomic E-state index is 11.6. The van der Waals surface area contributed by atoms with Crippen molar-refractivity contribution in [2.24, 2.45) is 0 Å². The van der Waals surface area contributed by atoms with E-state index in [9.17, 15) is 9.90 Å². The number of hydrogen-bond acceptors (Lipinski definition) is 3. The minimum atomic E-state index is 0.0707. The Kier molecular flexibility index (Phi) is 2.49. The van der Waals surface area contributed by atoms with Gasteiger partial charge >= 0.3 is 0 Å². The summed E-state index contributed by atoms with van der Waals surface area (Å²) >= 11 is 0. The van der Waals surface area contributed by atoms with Crippen molar-refractivity contribution in [3.05, 3.63) is 18.2 Å². The number of amides is 1. The predicted molar refractivity (Wildman–Crippen MR) is 58.7 cm³/mol. The highest BCUT2D eigenvalue weighted by Gasteiger charge is 2.21. The maximum absolute atomic E-state index is 11.6. The van der Waals surface area contributed by atoms with Crippen LogP contribution in [0.2, 0.25) is 0 Å². The van der Waals surface area contributed by atoms with Gasteiger partial charge < -0.3 is 15.7 Å². The predicted octanol–water partition coefficient (Wildman–Crippen LogP) is 1.49. The third-order valence-corrected chi connectivity index (χ3v) is 2.61. The molecule has 0 spiro atoms. The van der Waals surface area contributed by atoms with Crippen LogP contribution in [0.1, 0.15) is 19.3 Å². The van der Waals surface area contributed by atoms with Gasteiger partial charge in [-0.3, -0.25) is 4.79 Å². The van der Waals surface area contributed by atoms with E-state index in [2.05, 4.69) is 0 Å². The summed E-state index contributed by atoms with van der Waals surface area (Å²) in [6.45, 7) is 0.677. The Morgan fingerprint density at radius 2 is 2.13 bits per heavy atom. The van der Waals surface area contributed by atoms with E-state index >= 15 is 0 Å². The van der Waals surface area contributed by atoms with E-state index in [0.717, 1.165) is 12.8 Å². The van der Waals surface area contributed by atoms with Crippen molar-refractivity contribution in [1.82, 2.24) is 0 Å². The maximum Gasteiger partial charge on any atom is 0.227 e. The first-order chi connectivity index (χ1) is 7.18. The number of nitrogens with two attached hydrogens (primary N) is 1. The standard InChI is InChI=1S/C11H14N2O2/c12-8-4-5-9(10(14)7-8)13-6-2-1-3-11(13)15/h4-5,7,14H,1-3,6,12H2. The average Bonchev–Trinajstić information content (AvgIpc) is 2.20. The average molecular weight is 206 g/mol. The molecule has 0 aliphatic carbocycles. The summed E-state index contributed by atoms with van der Waals surface area (Å²) in [5.41, 5.74) is 6.59. The number of hydrogen-bond donors (Lipinski definition) is 2. The van der Waals surface area contributed by atoms with Gasteiger partial charge in [0, 0.05) is 24.7 Å². The van der Waals surface area contributed by atoms with Gasteiger partial charge in [-0.1, -0.05) is 0 Å². The molecule has 0 unspecified atom stereocenters. The molecule has 0 radical (unpaired) electrons. The first-order valence-corrected chi connectivity index (χ1v) is 5.07. The summed E-state index contributed by atoms with van der Waals surface area (Å²) in [7, 11) is 0.